The van der Waals surface area contributed by atoms with Crippen LogP contribution in [-0.2, 0) is 0 Å². The lowest BCUT2D eigenvalue weighted by Crippen LogP contribution is -2.14. The highest BCUT2D eigenvalue weighted by molar-refractivity contribution is 6.08. The number of anilines is 1. The largest absolute Gasteiger partial charge is 0.508 e. The standard InChI is InChI=1S/C13H12N2O5/c1-6-11(13(19)20)10(5-14-6)15-12(18)7-2-8(16)4-9(17)3-7/h2-5,14,16-17H,1H3,(H,15,18)(H,19,20). The number of aromatic amines is 1. The number of amides is 1. The Bertz CT molecular complexity index is 670. The number of aromatic nitrogens is 1. The highest BCUT2D eigenvalue weighted by Gasteiger charge is 2.18. The van der Waals surface area contributed by atoms with Crippen molar-refractivity contribution in [3.8, 4) is 11.5 Å². The fourth-order valence-electron chi connectivity index (χ4n) is 1.82. The third-order valence-electron chi connectivity index (χ3n) is 2.70. The van der Waals surface area contributed by atoms with Crippen LogP contribution in [0, 0.1) is 6.92 Å². The second-order valence-corrected chi connectivity index (χ2v) is 4.20. The summed E-state index contributed by atoms with van der Waals surface area (Å²) in [6.45, 7) is 1.57. The van der Waals surface area contributed by atoms with Gasteiger partial charge in [0.15, 0.2) is 0 Å². The van der Waals surface area contributed by atoms with E-state index in [0.29, 0.717) is 5.69 Å². The minimum Gasteiger partial charge on any atom is -0.508 e. The van der Waals surface area contributed by atoms with Gasteiger partial charge in [-0.3, -0.25) is 4.79 Å². The van der Waals surface area contributed by atoms with E-state index in [0.717, 1.165) is 18.2 Å². The zero-order chi connectivity index (χ0) is 14.9. The van der Waals surface area contributed by atoms with E-state index >= 15 is 0 Å². The molecule has 0 bridgehead atoms. The number of H-pyrrole nitrogens is 1. The predicted molar refractivity (Wildman–Crippen MR) is 70.2 cm³/mol. The molecule has 0 atom stereocenters. The molecule has 20 heavy (non-hydrogen) atoms. The second kappa shape index (κ2) is 4.96. The summed E-state index contributed by atoms with van der Waals surface area (Å²) in [6.07, 6.45) is 1.36. The Morgan fingerprint density at radius 3 is 2.30 bits per heavy atom. The van der Waals surface area contributed by atoms with Crippen LogP contribution >= 0.6 is 0 Å². The Morgan fingerprint density at radius 1 is 1.15 bits per heavy atom. The van der Waals surface area contributed by atoms with Gasteiger partial charge in [0.05, 0.1) is 5.69 Å². The molecule has 0 fully saturated rings. The molecule has 0 saturated carbocycles. The summed E-state index contributed by atoms with van der Waals surface area (Å²) in [6, 6.07) is 3.41. The molecule has 7 nitrogen and oxygen atoms in total. The smallest absolute Gasteiger partial charge is 0.339 e. The minimum absolute atomic E-state index is 0.0118. The Balaban J connectivity index is 2.30. The number of aromatic hydroxyl groups is 2. The Kier molecular flexibility index (Phi) is 3.34. The number of aromatic carboxylic acids is 1. The average molecular weight is 276 g/mol. The lowest BCUT2D eigenvalue weighted by molar-refractivity contribution is 0.0697. The van der Waals surface area contributed by atoms with Crippen LogP contribution in [0.25, 0.3) is 0 Å². The van der Waals surface area contributed by atoms with Crippen LogP contribution in [-0.4, -0.2) is 32.2 Å². The third-order valence-corrected chi connectivity index (χ3v) is 2.70. The first-order chi connectivity index (χ1) is 9.38. The first-order valence-corrected chi connectivity index (χ1v) is 5.64. The van der Waals surface area contributed by atoms with E-state index < -0.39 is 11.9 Å². The molecular formula is C13H12N2O5. The number of aryl methyl sites for hydroxylation is 1. The van der Waals surface area contributed by atoms with Gasteiger partial charge in [0.1, 0.15) is 17.1 Å². The summed E-state index contributed by atoms with van der Waals surface area (Å²) in [5.41, 5.74) is 0.495. The van der Waals surface area contributed by atoms with Crippen molar-refractivity contribution in [1.29, 1.82) is 0 Å². The summed E-state index contributed by atoms with van der Waals surface area (Å²) in [7, 11) is 0. The molecule has 1 aromatic carbocycles. The van der Waals surface area contributed by atoms with E-state index in [4.69, 9.17) is 5.11 Å². The number of phenolic OH excluding ortho intramolecular Hbond substituents is 2. The van der Waals surface area contributed by atoms with Gasteiger partial charge in [0.2, 0.25) is 0 Å². The molecule has 1 heterocycles. The molecule has 2 rings (SSSR count). The monoisotopic (exact) mass is 276 g/mol. The first-order valence-electron chi connectivity index (χ1n) is 5.64. The highest BCUT2D eigenvalue weighted by Crippen LogP contribution is 2.23. The van der Waals surface area contributed by atoms with Crippen molar-refractivity contribution in [2.45, 2.75) is 6.92 Å². The molecule has 1 amide bonds. The fourth-order valence-corrected chi connectivity index (χ4v) is 1.82. The van der Waals surface area contributed by atoms with E-state index in [1.165, 1.54) is 6.20 Å². The van der Waals surface area contributed by atoms with Crippen molar-refractivity contribution in [1.82, 2.24) is 4.98 Å². The van der Waals surface area contributed by atoms with Crippen LogP contribution in [0.2, 0.25) is 0 Å². The van der Waals surface area contributed by atoms with Crippen molar-refractivity contribution in [3.05, 3.63) is 41.2 Å². The zero-order valence-electron chi connectivity index (χ0n) is 10.5. The summed E-state index contributed by atoms with van der Waals surface area (Å²) < 4.78 is 0. The third kappa shape index (κ3) is 2.56. The molecule has 5 N–H and O–H groups in total. The summed E-state index contributed by atoms with van der Waals surface area (Å²) in [5.74, 6) is -2.34. The van der Waals surface area contributed by atoms with Gasteiger partial charge in [-0.2, -0.15) is 0 Å². The number of carbonyl (C=O) groups excluding carboxylic acids is 1. The molecule has 0 aliphatic carbocycles. The lowest BCUT2D eigenvalue weighted by Gasteiger charge is -2.06. The number of carboxylic acids is 1. The van der Waals surface area contributed by atoms with Crippen LogP contribution in [0.5, 0.6) is 11.5 Å². The normalized spacial score (nSPS) is 10.2. The maximum absolute atomic E-state index is 12.0. The van der Waals surface area contributed by atoms with Gasteiger partial charge >= 0.3 is 5.97 Å². The zero-order valence-corrected chi connectivity index (χ0v) is 10.5. The molecular weight excluding hydrogens is 264 g/mol. The van der Waals surface area contributed by atoms with Crippen molar-refractivity contribution >= 4 is 17.6 Å². The van der Waals surface area contributed by atoms with Crippen LogP contribution in [0.3, 0.4) is 0 Å². The Hall–Kier alpha value is -2.96. The SMILES string of the molecule is Cc1[nH]cc(NC(=O)c2cc(O)cc(O)c2)c1C(=O)O. The average Bonchev–Trinajstić information content (AvgIpc) is 2.69. The number of carbonyl (C=O) groups is 2. The number of benzene rings is 1. The van der Waals surface area contributed by atoms with Crippen LogP contribution < -0.4 is 5.32 Å². The summed E-state index contributed by atoms with van der Waals surface area (Å²) >= 11 is 0. The minimum atomic E-state index is -1.17. The van der Waals surface area contributed by atoms with Gasteiger partial charge in [0, 0.05) is 23.5 Å². The first kappa shape index (κ1) is 13.5. The van der Waals surface area contributed by atoms with E-state index in [-0.39, 0.29) is 28.3 Å². The van der Waals surface area contributed by atoms with Crippen molar-refractivity contribution in [3.63, 3.8) is 0 Å². The van der Waals surface area contributed by atoms with Gasteiger partial charge in [-0.1, -0.05) is 0 Å². The van der Waals surface area contributed by atoms with Gasteiger partial charge in [-0.15, -0.1) is 0 Å². The highest BCUT2D eigenvalue weighted by atomic mass is 16.4. The van der Waals surface area contributed by atoms with Gasteiger partial charge < -0.3 is 25.6 Å². The molecule has 1 aromatic heterocycles. The Morgan fingerprint density at radius 2 is 1.75 bits per heavy atom. The van der Waals surface area contributed by atoms with E-state index in [2.05, 4.69) is 10.3 Å². The van der Waals surface area contributed by atoms with Gasteiger partial charge in [-0.25, -0.2) is 4.79 Å². The number of phenols is 2. The molecule has 2 aromatic rings. The fraction of sp³-hybridized carbons (Fsp3) is 0.0769. The maximum atomic E-state index is 12.0. The molecule has 0 spiro atoms. The molecule has 0 saturated heterocycles. The summed E-state index contributed by atoms with van der Waals surface area (Å²) in [5, 5.41) is 30.1. The molecule has 0 aliphatic rings. The number of hydrogen-bond donors (Lipinski definition) is 5. The second-order valence-electron chi connectivity index (χ2n) is 4.20. The van der Waals surface area contributed by atoms with Crippen molar-refractivity contribution < 1.29 is 24.9 Å². The Labute approximate surface area is 113 Å². The van der Waals surface area contributed by atoms with Crippen LogP contribution in [0.1, 0.15) is 26.4 Å². The number of nitrogens with one attached hydrogen (secondary N) is 2. The number of rotatable bonds is 3. The summed E-state index contributed by atoms with van der Waals surface area (Å²) in [4.78, 5) is 25.7. The molecule has 7 heteroatoms. The maximum Gasteiger partial charge on any atom is 0.339 e. The molecule has 104 valence electrons. The lowest BCUT2D eigenvalue weighted by atomic mass is 10.1. The number of hydrogen-bond acceptors (Lipinski definition) is 4. The van der Waals surface area contributed by atoms with E-state index in [1.807, 2.05) is 0 Å². The predicted octanol–water partition coefficient (Wildman–Crippen LogP) is 1.68. The van der Waals surface area contributed by atoms with Gasteiger partial charge in [-0.05, 0) is 19.1 Å². The molecule has 0 radical (unpaired) electrons. The van der Waals surface area contributed by atoms with Crippen molar-refractivity contribution in [2.24, 2.45) is 0 Å². The number of carboxylic acid groups (broad SMARTS) is 1. The quantitative estimate of drug-likeness (QED) is 0.583. The van der Waals surface area contributed by atoms with Crippen LogP contribution in [0.4, 0.5) is 5.69 Å². The van der Waals surface area contributed by atoms with E-state index in [9.17, 15) is 19.8 Å². The van der Waals surface area contributed by atoms with E-state index in [1.54, 1.807) is 6.92 Å². The molecule has 0 aliphatic heterocycles. The van der Waals surface area contributed by atoms with Crippen molar-refractivity contribution in [2.75, 3.05) is 5.32 Å². The topological polar surface area (TPSA) is 123 Å². The van der Waals surface area contributed by atoms with Crippen LogP contribution in [0.15, 0.2) is 24.4 Å². The van der Waals surface area contributed by atoms with Gasteiger partial charge in [0.25, 0.3) is 5.91 Å². The molecule has 0 unspecified atom stereocenters.